The molecule has 0 heterocycles. The molecular weight excluding hydrogens is 228 g/mol. The second kappa shape index (κ2) is 6.36. The summed E-state index contributed by atoms with van der Waals surface area (Å²) in [6.45, 7) is 18.0. The Morgan fingerprint density at radius 1 is 0.889 bits per heavy atom. The molecule has 18 heavy (non-hydrogen) atoms. The topological polar surface area (TPSA) is 27.7 Å². The second-order valence-corrected chi connectivity index (χ2v) is 7.01. The summed E-state index contributed by atoms with van der Waals surface area (Å²) in [6.07, 6.45) is 0.246. The van der Waals surface area contributed by atoms with Crippen LogP contribution in [0, 0.1) is 5.41 Å². The van der Waals surface area contributed by atoms with Crippen molar-refractivity contribution >= 4 is 0 Å². The fraction of sp³-hybridized carbons (Fsp3) is 1.00. The van der Waals surface area contributed by atoms with Crippen LogP contribution in [0.3, 0.4) is 0 Å². The average molecular weight is 260 g/mol. The molecule has 0 aliphatic heterocycles. The summed E-state index contributed by atoms with van der Waals surface area (Å²) in [5.74, 6) is 0. The zero-order valence-electron chi connectivity index (χ0n) is 13.7. The van der Waals surface area contributed by atoms with Crippen molar-refractivity contribution in [3.63, 3.8) is 0 Å². The van der Waals surface area contributed by atoms with E-state index in [1.807, 2.05) is 13.8 Å². The van der Waals surface area contributed by atoms with E-state index in [0.717, 1.165) is 0 Å². The van der Waals surface area contributed by atoms with E-state index in [1.165, 1.54) is 0 Å². The molecule has 0 atom stereocenters. The summed E-state index contributed by atoms with van der Waals surface area (Å²) in [6, 6.07) is 0. The molecule has 0 aliphatic carbocycles. The van der Waals surface area contributed by atoms with Gasteiger partial charge in [0.05, 0.1) is 30.5 Å². The van der Waals surface area contributed by atoms with Gasteiger partial charge < -0.3 is 14.2 Å². The highest BCUT2D eigenvalue weighted by Crippen LogP contribution is 2.35. The molecule has 0 spiro atoms. The largest absolute Gasteiger partial charge is 0.378 e. The zero-order chi connectivity index (χ0) is 14.6. The van der Waals surface area contributed by atoms with Gasteiger partial charge in [-0.2, -0.15) is 0 Å². The molecule has 3 heteroatoms. The standard InChI is InChI=1S/C15H32O3/c1-12(2)17-10-13(3,4)15(7,8)18-11-14(5,6)16-9/h12H,10-11H2,1-9H3. The predicted molar refractivity (Wildman–Crippen MR) is 76.0 cm³/mol. The highest BCUT2D eigenvalue weighted by Gasteiger charge is 2.39. The molecule has 0 amide bonds. The number of rotatable bonds is 8. The molecule has 0 radical (unpaired) electrons. The molecule has 110 valence electrons. The molecule has 0 saturated heterocycles. The summed E-state index contributed by atoms with van der Waals surface area (Å²) in [5.41, 5.74) is -0.578. The van der Waals surface area contributed by atoms with Crippen molar-refractivity contribution in [3.05, 3.63) is 0 Å². The van der Waals surface area contributed by atoms with Crippen LogP contribution >= 0.6 is 0 Å². The smallest absolute Gasteiger partial charge is 0.0855 e. The average Bonchev–Trinajstić information content (AvgIpc) is 2.24. The third-order valence-corrected chi connectivity index (χ3v) is 3.74. The van der Waals surface area contributed by atoms with E-state index in [4.69, 9.17) is 14.2 Å². The van der Waals surface area contributed by atoms with Crippen molar-refractivity contribution in [2.45, 2.75) is 72.7 Å². The van der Waals surface area contributed by atoms with Gasteiger partial charge in [-0.25, -0.2) is 0 Å². The first-order valence-electron chi connectivity index (χ1n) is 6.74. The minimum absolute atomic E-state index is 0.0545. The van der Waals surface area contributed by atoms with E-state index in [9.17, 15) is 0 Å². The van der Waals surface area contributed by atoms with Gasteiger partial charge in [0.25, 0.3) is 0 Å². The Bertz CT molecular complexity index is 242. The van der Waals surface area contributed by atoms with Crippen LogP contribution in [0.4, 0.5) is 0 Å². The van der Waals surface area contributed by atoms with Crippen LogP contribution in [0.25, 0.3) is 0 Å². The van der Waals surface area contributed by atoms with Crippen molar-refractivity contribution in [3.8, 4) is 0 Å². The van der Waals surface area contributed by atoms with Gasteiger partial charge in [-0.05, 0) is 41.5 Å². The van der Waals surface area contributed by atoms with E-state index in [1.54, 1.807) is 7.11 Å². The van der Waals surface area contributed by atoms with Crippen LogP contribution in [-0.2, 0) is 14.2 Å². The quantitative estimate of drug-likeness (QED) is 0.666. The second-order valence-electron chi connectivity index (χ2n) is 7.01. The number of methoxy groups -OCH3 is 1. The molecule has 0 N–H and O–H groups in total. The van der Waals surface area contributed by atoms with E-state index >= 15 is 0 Å². The van der Waals surface area contributed by atoms with Crippen LogP contribution in [0.2, 0.25) is 0 Å². The first-order valence-corrected chi connectivity index (χ1v) is 6.74. The Morgan fingerprint density at radius 3 is 1.78 bits per heavy atom. The van der Waals surface area contributed by atoms with E-state index in [0.29, 0.717) is 13.2 Å². The molecule has 0 fully saturated rings. The maximum Gasteiger partial charge on any atom is 0.0855 e. The SMILES string of the molecule is COC(C)(C)COC(C)(C)C(C)(C)COC(C)C. The van der Waals surface area contributed by atoms with E-state index in [2.05, 4.69) is 41.5 Å². The fourth-order valence-corrected chi connectivity index (χ4v) is 1.16. The van der Waals surface area contributed by atoms with Crippen LogP contribution in [0.15, 0.2) is 0 Å². The summed E-state index contributed by atoms with van der Waals surface area (Å²) in [7, 11) is 1.71. The lowest BCUT2D eigenvalue weighted by Gasteiger charge is -2.43. The maximum atomic E-state index is 6.08. The summed E-state index contributed by atoms with van der Waals surface area (Å²) in [4.78, 5) is 0. The Kier molecular flexibility index (Phi) is 6.31. The zero-order valence-corrected chi connectivity index (χ0v) is 13.7. The third kappa shape index (κ3) is 5.68. The van der Waals surface area contributed by atoms with E-state index < -0.39 is 0 Å². The van der Waals surface area contributed by atoms with Gasteiger partial charge >= 0.3 is 0 Å². The molecule has 0 unspecified atom stereocenters. The predicted octanol–water partition coefficient (Wildman–Crippen LogP) is 3.66. The Morgan fingerprint density at radius 2 is 1.39 bits per heavy atom. The lowest BCUT2D eigenvalue weighted by Crippen LogP contribution is -2.47. The normalized spacial score (nSPS) is 14.3. The lowest BCUT2D eigenvalue weighted by atomic mass is 9.77. The maximum absolute atomic E-state index is 6.08. The fourth-order valence-electron chi connectivity index (χ4n) is 1.16. The van der Waals surface area contributed by atoms with Crippen LogP contribution in [0.1, 0.15) is 55.4 Å². The lowest BCUT2D eigenvalue weighted by molar-refractivity contribution is -0.166. The summed E-state index contributed by atoms with van der Waals surface area (Å²) >= 11 is 0. The van der Waals surface area contributed by atoms with Crippen molar-refractivity contribution in [2.75, 3.05) is 20.3 Å². The third-order valence-electron chi connectivity index (χ3n) is 3.74. The molecule has 0 aromatic carbocycles. The van der Waals surface area contributed by atoms with Gasteiger partial charge in [0.15, 0.2) is 0 Å². The van der Waals surface area contributed by atoms with Crippen molar-refractivity contribution in [2.24, 2.45) is 5.41 Å². The van der Waals surface area contributed by atoms with Crippen molar-refractivity contribution < 1.29 is 14.2 Å². The number of ether oxygens (including phenoxy) is 3. The van der Waals surface area contributed by atoms with Crippen molar-refractivity contribution in [1.82, 2.24) is 0 Å². The number of hydrogen-bond donors (Lipinski definition) is 0. The van der Waals surface area contributed by atoms with Gasteiger partial charge in [0, 0.05) is 12.5 Å². The molecule has 0 aliphatic rings. The molecule has 3 nitrogen and oxygen atoms in total. The monoisotopic (exact) mass is 260 g/mol. The molecule has 0 saturated carbocycles. The first-order chi connectivity index (χ1) is 7.93. The number of hydrogen-bond acceptors (Lipinski definition) is 3. The molecular formula is C15H32O3. The minimum Gasteiger partial charge on any atom is -0.378 e. The molecule has 0 rings (SSSR count). The highest BCUT2D eigenvalue weighted by atomic mass is 16.5. The van der Waals surface area contributed by atoms with Gasteiger partial charge in [-0.15, -0.1) is 0 Å². The van der Waals surface area contributed by atoms with Gasteiger partial charge in [0.1, 0.15) is 0 Å². The molecule has 0 bridgehead atoms. The Balaban J connectivity index is 4.50. The van der Waals surface area contributed by atoms with Crippen molar-refractivity contribution in [1.29, 1.82) is 0 Å². The first kappa shape index (κ1) is 17.9. The summed E-state index contributed by atoms with van der Waals surface area (Å²) in [5, 5.41) is 0. The molecule has 0 aromatic rings. The minimum atomic E-state index is -0.266. The van der Waals surface area contributed by atoms with Crippen LogP contribution in [0.5, 0.6) is 0 Å². The van der Waals surface area contributed by atoms with Gasteiger partial charge in [-0.1, -0.05) is 13.8 Å². The van der Waals surface area contributed by atoms with Gasteiger partial charge in [0.2, 0.25) is 0 Å². The Hall–Kier alpha value is -0.120. The van der Waals surface area contributed by atoms with Crippen LogP contribution < -0.4 is 0 Å². The van der Waals surface area contributed by atoms with Gasteiger partial charge in [-0.3, -0.25) is 0 Å². The summed E-state index contributed by atoms with van der Waals surface area (Å²) < 4.78 is 17.2. The Labute approximate surface area is 113 Å². The van der Waals surface area contributed by atoms with E-state index in [-0.39, 0.29) is 22.7 Å². The van der Waals surface area contributed by atoms with Crippen LogP contribution in [-0.4, -0.2) is 37.6 Å². The molecule has 0 aromatic heterocycles. The highest BCUT2D eigenvalue weighted by molar-refractivity contribution is 4.88.